The van der Waals surface area contributed by atoms with E-state index in [4.69, 9.17) is 4.74 Å². The summed E-state index contributed by atoms with van der Waals surface area (Å²) in [7, 11) is 0. The summed E-state index contributed by atoms with van der Waals surface area (Å²) < 4.78 is 5.24. The number of carbonyl (C=O) groups is 2. The molecule has 2 aliphatic heterocycles. The summed E-state index contributed by atoms with van der Waals surface area (Å²) in [5.74, 6) is 0.332. The third-order valence-corrected chi connectivity index (χ3v) is 4.07. The SMILES string of the molecule is CC(C)(C)C(=O)N1CCC(NC(=O)[C@H]2CCOC2)CC1. The van der Waals surface area contributed by atoms with E-state index in [0.29, 0.717) is 13.2 Å². The van der Waals surface area contributed by atoms with Gasteiger partial charge in [-0.15, -0.1) is 0 Å². The number of rotatable bonds is 2. The van der Waals surface area contributed by atoms with Crippen LogP contribution in [0.3, 0.4) is 0 Å². The fourth-order valence-corrected chi connectivity index (χ4v) is 2.76. The van der Waals surface area contributed by atoms with Gasteiger partial charge in [-0.05, 0) is 19.3 Å². The minimum absolute atomic E-state index is 0.0178. The van der Waals surface area contributed by atoms with Crippen molar-refractivity contribution in [2.75, 3.05) is 26.3 Å². The van der Waals surface area contributed by atoms with E-state index in [2.05, 4.69) is 5.32 Å². The van der Waals surface area contributed by atoms with Gasteiger partial charge >= 0.3 is 0 Å². The van der Waals surface area contributed by atoms with Gasteiger partial charge in [0.05, 0.1) is 12.5 Å². The summed E-state index contributed by atoms with van der Waals surface area (Å²) in [5, 5.41) is 3.10. The third-order valence-electron chi connectivity index (χ3n) is 4.07. The highest BCUT2D eigenvalue weighted by Crippen LogP contribution is 2.21. The fraction of sp³-hybridized carbons (Fsp3) is 0.867. The maximum atomic E-state index is 12.2. The van der Waals surface area contributed by atoms with Crippen LogP contribution in [0.15, 0.2) is 0 Å². The third kappa shape index (κ3) is 3.72. The van der Waals surface area contributed by atoms with E-state index in [-0.39, 0.29) is 29.2 Å². The van der Waals surface area contributed by atoms with Crippen LogP contribution in [0.4, 0.5) is 0 Å². The van der Waals surface area contributed by atoms with Crippen molar-refractivity contribution in [1.29, 1.82) is 0 Å². The van der Waals surface area contributed by atoms with Crippen molar-refractivity contribution < 1.29 is 14.3 Å². The van der Waals surface area contributed by atoms with Gasteiger partial charge in [0.2, 0.25) is 11.8 Å². The highest BCUT2D eigenvalue weighted by atomic mass is 16.5. The van der Waals surface area contributed by atoms with Crippen LogP contribution in [-0.2, 0) is 14.3 Å². The zero-order chi connectivity index (χ0) is 14.8. The second-order valence-electron chi connectivity index (χ2n) is 6.89. The summed E-state index contributed by atoms with van der Waals surface area (Å²) >= 11 is 0. The minimum atomic E-state index is -0.322. The molecule has 2 saturated heterocycles. The van der Waals surface area contributed by atoms with Gasteiger partial charge in [-0.2, -0.15) is 0 Å². The Morgan fingerprint density at radius 1 is 1.15 bits per heavy atom. The Hall–Kier alpha value is -1.10. The van der Waals surface area contributed by atoms with E-state index < -0.39 is 0 Å². The Labute approximate surface area is 121 Å². The molecule has 0 radical (unpaired) electrons. The normalized spacial score (nSPS) is 24.8. The Balaban J connectivity index is 1.77. The lowest BCUT2D eigenvalue weighted by atomic mass is 9.93. The number of hydrogen-bond acceptors (Lipinski definition) is 3. The van der Waals surface area contributed by atoms with Crippen molar-refractivity contribution in [2.45, 2.75) is 46.1 Å². The molecule has 5 heteroatoms. The first kappa shape index (κ1) is 15.3. The first-order chi connectivity index (χ1) is 9.38. The number of likely N-dealkylation sites (tertiary alicyclic amines) is 1. The van der Waals surface area contributed by atoms with Gasteiger partial charge in [-0.25, -0.2) is 0 Å². The molecule has 2 fully saturated rings. The predicted molar refractivity (Wildman–Crippen MR) is 76.1 cm³/mol. The van der Waals surface area contributed by atoms with Crippen molar-refractivity contribution in [3.8, 4) is 0 Å². The van der Waals surface area contributed by atoms with E-state index in [0.717, 1.165) is 32.4 Å². The zero-order valence-electron chi connectivity index (χ0n) is 12.8. The Kier molecular flexibility index (Phi) is 4.68. The summed E-state index contributed by atoms with van der Waals surface area (Å²) in [5.41, 5.74) is -0.322. The molecule has 2 rings (SSSR count). The molecular formula is C15H26N2O3. The zero-order valence-corrected chi connectivity index (χ0v) is 12.8. The van der Waals surface area contributed by atoms with Crippen LogP contribution in [0.5, 0.6) is 0 Å². The maximum absolute atomic E-state index is 12.2. The van der Waals surface area contributed by atoms with Crippen LogP contribution in [0.2, 0.25) is 0 Å². The number of nitrogens with one attached hydrogen (secondary N) is 1. The molecule has 0 spiro atoms. The Morgan fingerprint density at radius 3 is 2.30 bits per heavy atom. The Bertz CT molecular complexity index is 362. The lowest BCUT2D eigenvalue weighted by molar-refractivity contribution is -0.140. The summed E-state index contributed by atoms with van der Waals surface area (Å²) in [6, 6.07) is 0.201. The topological polar surface area (TPSA) is 58.6 Å². The molecule has 2 aliphatic rings. The van der Waals surface area contributed by atoms with Crippen LogP contribution in [0, 0.1) is 11.3 Å². The fourth-order valence-electron chi connectivity index (χ4n) is 2.76. The largest absolute Gasteiger partial charge is 0.381 e. The maximum Gasteiger partial charge on any atom is 0.227 e. The van der Waals surface area contributed by atoms with E-state index in [9.17, 15) is 9.59 Å². The number of amides is 2. The van der Waals surface area contributed by atoms with E-state index >= 15 is 0 Å². The molecule has 0 saturated carbocycles. The average molecular weight is 282 g/mol. The molecule has 0 bridgehead atoms. The van der Waals surface area contributed by atoms with Crippen LogP contribution in [-0.4, -0.2) is 49.1 Å². The summed E-state index contributed by atoms with van der Waals surface area (Å²) in [4.78, 5) is 26.1. The van der Waals surface area contributed by atoms with E-state index in [1.807, 2.05) is 25.7 Å². The molecule has 2 amide bonds. The van der Waals surface area contributed by atoms with Crippen molar-refractivity contribution in [3.63, 3.8) is 0 Å². The quantitative estimate of drug-likeness (QED) is 0.827. The summed E-state index contributed by atoms with van der Waals surface area (Å²) in [6.07, 6.45) is 2.52. The van der Waals surface area contributed by atoms with Gasteiger partial charge in [-0.1, -0.05) is 20.8 Å². The summed E-state index contributed by atoms with van der Waals surface area (Å²) in [6.45, 7) is 8.56. The van der Waals surface area contributed by atoms with Gasteiger partial charge in [0.1, 0.15) is 0 Å². The molecule has 1 N–H and O–H groups in total. The second kappa shape index (κ2) is 6.12. The Morgan fingerprint density at radius 2 is 1.80 bits per heavy atom. The van der Waals surface area contributed by atoms with Crippen molar-refractivity contribution in [2.24, 2.45) is 11.3 Å². The molecule has 0 unspecified atom stereocenters. The van der Waals surface area contributed by atoms with Crippen molar-refractivity contribution >= 4 is 11.8 Å². The number of piperidine rings is 1. The number of hydrogen-bond donors (Lipinski definition) is 1. The lowest BCUT2D eigenvalue weighted by Crippen LogP contribution is -2.50. The van der Waals surface area contributed by atoms with E-state index in [1.165, 1.54) is 0 Å². The number of nitrogens with zero attached hydrogens (tertiary/aromatic N) is 1. The van der Waals surface area contributed by atoms with Gasteiger partial charge in [-0.3, -0.25) is 9.59 Å². The van der Waals surface area contributed by atoms with Gasteiger partial charge in [0, 0.05) is 31.2 Å². The monoisotopic (exact) mass is 282 g/mol. The van der Waals surface area contributed by atoms with Gasteiger partial charge in [0.15, 0.2) is 0 Å². The molecule has 0 aromatic heterocycles. The highest BCUT2D eigenvalue weighted by Gasteiger charge is 2.32. The van der Waals surface area contributed by atoms with Gasteiger partial charge in [0.25, 0.3) is 0 Å². The minimum Gasteiger partial charge on any atom is -0.381 e. The molecule has 2 heterocycles. The predicted octanol–water partition coefficient (Wildman–Crippen LogP) is 1.18. The molecule has 0 aliphatic carbocycles. The molecule has 0 aromatic carbocycles. The van der Waals surface area contributed by atoms with Crippen LogP contribution >= 0.6 is 0 Å². The smallest absolute Gasteiger partial charge is 0.227 e. The van der Waals surface area contributed by atoms with Crippen LogP contribution in [0.25, 0.3) is 0 Å². The first-order valence-corrected chi connectivity index (χ1v) is 7.55. The van der Waals surface area contributed by atoms with Crippen LogP contribution in [0.1, 0.15) is 40.0 Å². The molecule has 20 heavy (non-hydrogen) atoms. The van der Waals surface area contributed by atoms with E-state index in [1.54, 1.807) is 0 Å². The highest BCUT2D eigenvalue weighted by molar-refractivity contribution is 5.82. The number of ether oxygens (including phenoxy) is 1. The molecule has 114 valence electrons. The average Bonchev–Trinajstić information content (AvgIpc) is 2.91. The second-order valence-corrected chi connectivity index (χ2v) is 6.89. The van der Waals surface area contributed by atoms with Gasteiger partial charge < -0.3 is 15.0 Å². The molecule has 5 nitrogen and oxygen atoms in total. The lowest BCUT2D eigenvalue weighted by Gasteiger charge is -2.36. The molecule has 0 aromatic rings. The van der Waals surface area contributed by atoms with Crippen molar-refractivity contribution in [1.82, 2.24) is 10.2 Å². The van der Waals surface area contributed by atoms with Crippen molar-refractivity contribution in [3.05, 3.63) is 0 Å². The standard InChI is InChI=1S/C15H26N2O3/c1-15(2,3)14(19)17-7-4-12(5-8-17)16-13(18)11-6-9-20-10-11/h11-12H,4-10H2,1-3H3,(H,16,18)/t11-/m0/s1. The molecular weight excluding hydrogens is 256 g/mol. The molecule has 1 atom stereocenters. The first-order valence-electron chi connectivity index (χ1n) is 7.55. The number of carbonyl (C=O) groups excluding carboxylic acids is 2. The van der Waals surface area contributed by atoms with Crippen LogP contribution < -0.4 is 5.32 Å².